The summed E-state index contributed by atoms with van der Waals surface area (Å²) in [4.78, 5) is 0. The van der Waals surface area contributed by atoms with Crippen molar-refractivity contribution in [2.45, 2.75) is 143 Å². The van der Waals surface area contributed by atoms with Gasteiger partial charge in [0.15, 0.2) is 0 Å². The summed E-state index contributed by atoms with van der Waals surface area (Å²) in [5, 5.41) is 9.77. The Balaban J connectivity index is 1.65. The van der Waals surface area contributed by atoms with E-state index in [0.29, 0.717) is 12.1 Å². The summed E-state index contributed by atoms with van der Waals surface area (Å²) in [7, 11) is 0. The van der Waals surface area contributed by atoms with Crippen LogP contribution in [-0.2, 0) is 17.6 Å². The zero-order valence-electron chi connectivity index (χ0n) is 32.1. The highest BCUT2D eigenvalue weighted by molar-refractivity contribution is 6.31. The van der Waals surface area contributed by atoms with Gasteiger partial charge in [-0.2, -0.15) is 0 Å². The predicted molar refractivity (Wildman–Crippen MR) is 222 cm³/mol. The highest BCUT2D eigenvalue weighted by Gasteiger charge is 2.42. The fraction of sp³-hybridized carbons (Fsp3) is 0.565. The lowest BCUT2D eigenvalue weighted by molar-refractivity contribution is 0.154. The standard InChI is InChI=1S/C46H66Cl2N2O/c1-5-9-13-27-43(49-31-11-7-3)45(33-37-21-15-17-25-41(37)47)29-19-23-39(35-45)51-40-24-20-30-46(36-40,34-38-22-16-18-26-42(38)48)44(28-14-10-6-2)50-32-12-8-4/h15-26,29-30,43-44,49-50H,5-14,27-28,31-36H2,1-4H3. The minimum Gasteiger partial charge on any atom is -0.466 e. The smallest absolute Gasteiger partial charge is 0.104 e. The van der Waals surface area contributed by atoms with Gasteiger partial charge >= 0.3 is 0 Å². The minimum absolute atomic E-state index is 0.152. The van der Waals surface area contributed by atoms with Gasteiger partial charge in [0.2, 0.25) is 0 Å². The normalized spacial score (nSPS) is 21.3. The van der Waals surface area contributed by atoms with E-state index in [0.717, 1.165) is 73.2 Å². The molecule has 5 heteroatoms. The van der Waals surface area contributed by atoms with Crippen molar-refractivity contribution >= 4 is 23.2 Å². The van der Waals surface area contributed by atoms with E-state index in [4.69, 9.17) is 27.9 Å². The van der Waals surface area contributed by atoms with E-state index in [2.05, 4.69) is 99.1 Å². The molecule has 4 unspecified atom stereocenters. The number of rotatable bonds is 24. The molecular weight excluding hydrogens is 667 g/mol. The van der Waals surface area contributed by atoms with Gasteiger partial charge in [-0.3, -0.25) is 0 Å². The molecule has 0 aliphatic heterocycles. The topological polar surface area (TPSA) is 33.3 Å². The van der Waals surface area contributed by atoms with Crippen LogP contribution in [0.1, 0.15) is 129 Å². The lowest BCUT2D eigenvalue weighted by atomic mass is 9.68. The summed E-state index contributed by atoms with van der Waals surface area (Å²) >= 11 is 13.7. The average Bonchev–Trinajstić information content (AvgIpc) is 3.13. The van der Waals surface area contributed by atoms with E-state index in [1.165, 1.54) is 75.3 Å². The molecule has 4 rings (SSSR count). The summed E-state index contributed by atoms with van der Waals surface area (Å²) in [6, 6.07) is 17.4. The van der Waals surface area contributed by atoms with E-state index in [1.807, 2.05) is 24.3 Å². The molecule has 2 aromatic rings. The molecule has 2 aliphatic carbocycles. The molecule has 0 amide bonds. The second-order valence-corrected chi connectivity index (χ2v) is 16.0. The van der Waals surface area contributed by atoms with Crippen molar-refractivity contribution < 1.29 is 4.74 Å². The predicted octanol–water partition coefficient (Wildman–Crippen LogP) is 13.1. The van der Waals surface area contributed by atoms with E-state index in [1.54, 1.807) is 0 Å². The van der Waals surface area contributed by atoms with Crippen LogP contribution in [0.4, 0.5) is 0 Å². The summed E-state index contributed by atoms with van der Waals surface area (Å²) < 4.78 is 7.08. The zero-order valence-corrected chi connectivity index (χ0v) is 33.6. The van der Waals surface area contributed by atoms with Crippen LogP contribution < -0.4 is 10.6 Å². The molecule has 0 aromatic heterocycles. The quantitative estimate of drug-likeness (QED) is 0.105. The fourth-order valence-electron chi connectivity index (χ4n) is 8.14. The fourth-order valence-corrected chi connectivity index (χ4v) is 8.54. The first kappa shape index (κ1) is 41.5. The third-order valence-electron chi connectivity index (χ3n) is 11.1. The Kier molecular flexibility index (Phi) is 17.9. The first-order valence-electron chi connectivity index (χ1n) is 20.3. The maximum Gasteiger partial charge on any atom is 0.104 e. The number of halogens is 2. The largest absolute Gasteiger partial charge is 0.466 e. The molecule has 0 radical (unpaired) electrons. The molecule has 0 saturated heterocycles. The van der Waals surface area contributed by atoms with Crippen LogP contribution in [0.3, 0.4) is 0 Å². The van der Waals surface area contributed by atoms with Crippen LogP contribution >= 0.6 is 23.2 Å². The van der Waals surface area contributed by atoms with Gasteiger partial charge < -0.3 is 15.4 Å². The van der Waals surface area contributed by atoms with Crippen LogP contribution in [0, 0.1) is 10.8 Å². The van der Waals surface area contributed by atoms with E-state index in [-0.39, 0.29) is 10.8 Å². The first-order valence-corrected chi connectivity index (χ1v) is 21.0. The highest BCUT2D eigenvalue weighted by atomic mass is 35.5. The van der Waals surface area contributed by atoms with Crippen molar-refractivity contribution in [3.05, 3.63) is 118 Å². The first-order chi connectivity index (χ1) is 24.9. The summed E-state index contributed by atoms with van der Waals surface area (Å²) in [5.74, 6) is 2.08. The molecule has 0 heterocycles. The van der Waals surface area contributed by atoms with Gasteiger partial charge in [0.25, 0.3) is 0 Å². The zero-order chi connectivity index (χ0) is 36.4. The summed E-state index contributed by atoms with van der Waals surface area (Å²) in [6.45, 7) is 11.2. The highest BCUT2D eigenvalue weighted by Crippen LogP contribution is 2.46. The molecule has 0 fully saturated rings. The average molecular weight is 734 g/mol. The number of allylic oxidation sites excluding steroid dienone is 6. The van der Waals surface area contributed by atoms with Crippen LogP contribution in [-0.4, -0.2) is 25.2 Å². The number of nitrogens with one attached hydrogen (secondary N) is 2. The van der Waals surface area contributed by atoms with E-state index < -0.39 is 0 Å². The summed E-state index contributed by atoms with van der Waals surface area (Å²) in [5.41, 5.74) is 2.10. The lowest BCUT2D eigenvalue weighted by Crippen LogP contribution is -2.48. The van der Waals surface area contributed by atoms with Gasteiger partial charge in [-0.15, -0.1) is 0 Å². The van der Waals surface area contributed by atoms with Crippen molar-refractivity contribution in [1.29, 1.82) is 0 Å². The SMILES string of the molecule is CCCCCC(NCCCC)C1(Cc2ccccc2Cl)C=CC=C(OC2=CC=CC(Cc3ccccc3Cl)(C(CCCCC)NCCCC)C2)C1. The van der Waals surface area contributed by atoms with Gasteiger partial charge in [-0.05, 0) is 87.0 Å². The third-order valence-corrected chi connectivity index (χ3v) is 11.8. The maximum atomic E-state index is 7.08. The van der Waals surface area contributed by atoms with Crippen LogP contribution in [0.25, 0.3) is 0 Å². The molecule has 4 atom stereocenters. The Morgan fingerprint density at radius 1 is 0.588 bits per heavy atom. The Morgan fingerprint density at radius 2 is 1.00 bits per heavy atom. The molecule has 280 valence electrons. The Bertz CT molecular complexity index is 1320. The molecular formula is C46H66Cl2N2O. The van der Waals surface area contributed by atoms with Gasteiger partial charge in [-0.25, -0.2) is 0 Å². The van der Waals surface area contributed by atoms with Crippen molar-refractivity contribution in [2.24, 2.45) is 10.8 Å². The molecule has 0 bridgehead atoms. The second-order valence-electron chi connectivity index (χ2n) is 15.2. The Labute approximate surface area is 321 Å². The van der Waals surface area contributed by atoms with Crippen LogP contribution in [0.15, 0.2) is 96.5 Å². The molecule has 0 saturated carbocycles. The van der Waals surface area contributed by atoms with E-state index in [9.17, 15) is 0 Å². The van der Waals surface area contributed by atoms with Crippen molar-refractivity contribution in [2.75, 3.05) is 13.1 Å². The van der Waals surface area contributed by atoms with Crippen LogP contribution in [0.2, 0.25) is 10.0 Å². The van der Waals surface area contributed by atoms with Crippen LogP contribution in [0.5, 0.6) is 0 Å². The lowest BCUT2D eigenvalue weighted by Gasteiger charge is -2.43. The van der Waals surface area contributed by atoms with Gasteiger partial charge in [-0.1, -0.05) is 163 Å². The molecule has 0 spiro atoms. The van der Waals surface area contributed by atoms with Crippen molar-refractivity contribution in [1.82, 2.24) is 10.6 Å². The Hall–Kier alpha value is -2.30. The number of hydrogen-bond donors (Lipinski definition) is 2. The number of benzene rings is 2. The molecule has 51 heavy (non-hydrogen) atoms. The maximum absolute atomic E-state index is 7.08. The number of unbranched alkanes of at least 4 members (excludes halogenated alkanes) is 6. The van der Waals surface area contributed by atoms with E-state index >= 15 is 0 Å². The molecule has 3 nitrogen and oxygen atoms in total. The number of hydrogen-bond acceptors (Lipinski definition) is 3. The van der Waals surface area contributed by atoms with Gasteiger partial charge in [0, 0.05) is 45.8 Å². The molecule has 2 aromatic carbocycles. The second kappa shape index (κ2) is 22.0. The molecule has 2 aliphatic rings. The van der Waals surface area contributed by atoms with Crippen molar-refractivity contribution in [3.63, 3.8) is 0 Å². The number of ether oxygens (including phenoxy) is 1. The monoisotopic (exact) mass is 732 g/mol. The molecule has 2 N–H and O–H groups in total. The van der Waals surface area contributed by atoms with Crippen molar-refractivity contribution in [3.8, 4) is 0 Å². The Morgan fingerprint density at radius 3 is 1.39 bits per heavy atom. The van der Waals surface area contributed by atoms with Gasteiger partial charge in [0.05, 0.1) is 0 Å². The van der Waals surface area contributed by atoms with Gasteiger partial charge in [0.1, 0.15) is 11.5 Å². The summed E-state index contributed by atoms with van der Waals surface area (Å²) in [6.07, 6.45) is 31.5. The third kappa shape index (κ3) is 12.4. The minimum atomic E-state index is -0.152.